The summed E-state index contributed by atoms with van der Waals surface area (Å²) < 4.78 is 35.1. The molecular formula is C28H34F2O4. The highest BCUT2D eigenvalue weighted by atomic mass is 19.3. The number of benzene rings is 1. The molecule has 0 bridgehead atoms. The summed E-state index contributed by atoms with van der Waals surface area (Å²) in [5.41, 5.74) is 2.77. The number of aliphatic hydroxyl groups is 1. The zero-order valence-electron chi connectivity index (χ0n) is 20.2. The van der Waals surface area contributed by atoms with Gasteiger partial charge in [-0.2, -0.15) is 8.78 Å². The van der Waals surface area contributed by atoms with Gasteiger partial charge in [-0.1, -0.05) is 31.6 Å². The SMILES string of the molecule is COc1cc(/C=C2\C[C@H]3[C@@H]4CC=C5C[C@@H](O)CC[C@]5(C)[C@H]4CC[C@]3(C)C2=O)ccc1OC(F)F. The average Bonchev–Trinajstić information content (AvgIpc) is 3.05. The van der Waals surface area contributed by atoms with Crippen molar-refractivity contribution in [2.24, 2.45) is 28.6 Å². The quantitative estimate of drug-likeness (QED) is 0.420. The van der Waals surface area contributed by atoms with Crippen LogP contribution < -0.4 is 9.47 Å². The second-order valence-electron chi connectivity index (χ2n) is 11.1. The molecule has 34 heavy (non-hydrogen) atoms. The standard InChI is InChI=1S/C28H34F2O4/c1-27-10-8-19(31)15-18(27)5-6-20-21(27)9-11-28(2)22(20)14-17(25(28)32)12-16-4-7-23(34-26(29)30)24(13-16)33-3/h4-5,7,12-13,19-22,26,31H,6,8-11,14-15H2,1-3H3/b17-12+/t19-,20+,21-,22-,27-,28-/m0/s1. The summed E-state index contributed by atoms with van der Waals surface area (Å²) in [6.45, 7) is 1.60. The van der Waals surface area contributed by atoms with Crippen molar-refractivity contribution in [1.29, 1.82) is 0 Å². The molecule has 0 radical (unpaired) electrons. The van der Waals surface area contributed by atoms with Crippen molar-refractivity contribution in [3.63, 3.8) is 0 Å². The van der Waals surface area contributed by atoms with Gasteiger partial charge in [-0.05, 0) is 97.5 Å². The molecule has 0 amide bonds. The maximum Gasteiger partial charge on any atom is 0.387 e. The van der Waals surface area contributed by atoms with E-state index in [0.717, 1.165) is 56.1 Å². The Morgan fingerprint density at radius 3 is 2.59 bits per heavy atom. The Bertz CT molecular complexity index is 1050. The van der Waals surface area contributed by atoms with E-state index in [9.17, 15) is 18.7 Å². The Balaban J connectivity index is 1.43. The molecular weight excluding hydrogens is 438 g/mol. The first-order valence-corrected chi connectivity index (χ1v) is 12.4. The molecule has 184 valence electrons. The third-order valence-electron chi connectivity index (χ3n) is 9.46. The van der Waals surface area contributed by atoms with Crippen molar-refractivity contribution < 1.29 is 28.2 Å². The van der Waals surface area contributed by atoms with Gasteiger partial charge in [0.25, 0.3) is 0 Å². The summed E-state index contributed by atoms with van der Waals surface area (Å²) in [5.74, 6) is 1.75. The van der Waals surface area contributed by atoms with E-state index in [0.29, 0.717) is 17.8 Å². The highest BCUT2D eigenvalue weighted by Gasteiger charge is 2.59. The van der Waals surface area contributed by atoms with Crippen molar-refractivity contribution in [1.82, 2.24) is 0 Å². The Morgan fingerprint density at radius 2 is 1.85 bits per heavy atom. The number of ether oxygens (including phenoxy) is 2. The number of hydrogen-bond acceptors (Lipinski definition) is 4. The Labute approximate surface area is 200 Å². The van der Waals surface area contributed by atoms with Crippen molar-refractivity contribution in [2.75, 3.05) is 7.11 Å². The third-order valence-corrected chi connectivity index (χ3v) is 9.46. The van der Waals surface area contributed by atoms with Crippen molar-refractivity contribution in [3.05, 3.63) is 41.0 Å². The zero-order valence-corrected chi connectivity index (χ0v) is 20.2. The Hall–Kier alpha value is -2.21. The maximum atomic E-state index is 13.6. The number of halogens is 2. The number of fused-ring (bicyclic) bond motifs is 5. The van der Waals surface area contributed by atoms with Gasteiger partial charge in [0.05, 0.1) is 13.2 Å². The number of ketones is 1. The lowest BCUT2D eigenvalue weighted by Crippen LogP contribution is -2.50. The number of methoxy groups -OCH3 is 1. The number of alkyl halides is 2. The third kappa shape index (κ3) is 3.69. The fraction of sp³-hybridized carbons (Fsp3) is 0.607. The van der Waals surface area contributed by atoms with Crippen molar-refractivity contribution >= 4 is 11.9 Å². The molecule has 1 N–H and O–H groups in total. The normalized spacial score (nSPS) is 38.3. The number of aliphatic hydroxyl groups excluding tert-OH is 1. The van der Waals surface area contributed by atoms with Crippen LogP contribution >= 0.6 is 0 Å². The number of allylic oxidation sites excluding steroid dienone is 2. The van der Waals surface area contributed by atoms with Gasteiger partial charge in [-0.25, -0.2) is 0 Å². The lowest BCUT2D eigenvalue weighted by molar-refractivity contribution is -0.130. The summed E-state index contributed by atoms with van der Waals surface area (Å²) in [4.78, 5) is 13.6. The minimum atomic E-state index is -2.93. The topological polar surface area (TPSA) is 55.8 Å². The highest BCUT2D eigenvalue weighted by Crippen LogP contribution is 2.64. The zero-order chi connectivity index (χ0) is 24.3. The lowest BCUT2D eigenvalue weighted by Gasteiger charge is -2.56. The minimum absolute atomic E-state index is 0.0171. The van der Waals surface area contributed by atoms with E-state index < -0.39 is 6.61 Å². The predicted molar refractivity (Wildman–Crippen MR) is 126 cm³/mol. The highest BCUT2D eigenvalue weighted by molar-refractivity contribution is 6.06. The Morgan fingerprint density at radius 1 is 1.09 bits per heavy atom. The van der Waals surface area contributed by atoms with Crippen LogP contribution in [0.4, 0.5) is 8.78 Å². The second kappa shape index (κ2) is 8.47. The molecule has 5 rings (SSSR count). The Kier molecular flexibility index (Phi) is 5.86. The first-order valence-electron chi connectivity index (χ1n) is 12.4. The second-order valence-corrected chi connectivity index (χ2v) is 11.1. The molecule has 0 unspecified atom stereocenters. The van der Waals surface area contributed by atoms with E-state index in [1.165, 1.54) is 18.7 Å². The first kappa shape index (κ1) is 23.5. The molecule has 1 aromatic rings. The van der Waals surface area contributed by atoms with Gasteiger partial charge < -0.3 is 14.6 Å². The molecule has 0 heterocycles. The summed E-state index contributed by atoms with van der Waals surface area (Å²) in [6.07, 6.45) is 10.4. The van der Waals surface area contributed by atoms with Gasteiger partial charge in [0.1, 0.15) is 0 Å². The molecule has 0 aliphatic heterocycles. The largest absolute Gasteiger partial charge is 0.493 e. The first-order chi connectivity index (χ1) is 16.2. The predicted octanol–water partition coefficient (Wildman–Crippen LogP) is 6.18. The fourth-order valence-corrected chi connectivity index (χ4v) is 7.61. The van der Waals surface area contributed by atoms with E-state index in [1.54, 1.807) is 12.1 Å². The summed E-state index contributed by atoms with van der Waals surface area (Å²) >= 11 is 0. The number of carbonyl (C=O) groups excluding carboxylic acids is 1. The van der Waals surface area contributed by atoms with Crippen LogP contribution in [0.3, 0.4) is 0 Å². The molecule has 4 aliphatic carbocycles. The molecule has 0 aromatic heterocycles. The number of carbonyl (C=O) groups is 1. The number of hydrogen-bond donors (Lipinski definition) is 1. The molecule has 0 saturated heterocycles. The summed E-state index contributed by atoms with van der Waals surface area (Å²) in [5, 5.41) is 10.2. The van der Waals surface area contributed by atoms with Gasteiger partial charge in [0.2, 0.25) is 0 Å². The van der Waals surface area contributed by atoms with Crippen LogP contribution in [0.1, 0.15) is 64.4 Å². The molecule has 4 aliphatic rings. The lowest BCUT2D eigenvalue weighted by atomic mass is 9.48. The van der Waals surface area contributed by atoms with E-state index in [2.05, 4.69) is 24.7 Å². The minimum Gasteiger partial charge on any atom is -0.493 e. The molecule has 4 nitrogen and oxygen atoms in total. The van der Waals surface area contributed by atoms with Crippen LogP contribution in [0.15, 0.2) is 35.4 Å². The molecule has 3 fully saturated rings. The van der Waals surface area contributed by atoms with E-state index >= 15 is 0 Å². The van der Waals surface area contributed by atoms with Gasteiger partial charge >= 0.3 is 6.61 Å². The molecule has 1 aromatic carbocycles. The molecule has 6 atom stereocenters. The number of Topliss-reactive ketones (excluding diaryl/α,β-unsaturated/α-hetero) is 1. The van der Waals surface area contributed by atoms with Gasteiger partial charge in [-0.15, -0.1) is 0 Å². The van der Waals surface area contributed by atoms with E-state index in [1.807, 2.05) is 6.08 Å². The average molecular weight is 473 g/mol. The van der Waals surface area contributed by atoms with Gasteiger partial charge in [0.15, 0.2) is 17.3 Å². The molecule has 0 spiro atoms. The van der Waals surface area contributed by atoms with Gasteiger partial charge in [-0.3, -0.25) is 4.79 Å². The van der Waals surface area contributed by atoms with Crippen molar-refractivity contribution in [3.8, 4) is 11.5 Å². The maximum absolute atomic E-state index is 13.6. The van der Waals surface area contributed by atoms with Crippen molar-refractivity contribution in [2.45, 2.75) is 71.5 Å². The number of rotatable bonds is 4. The fourth-order valence-electron chi connectivity index (χ4n) is 7.61. The van der Waals surface area contributed by atoms with Crippen LogP contribution in [-0.4, -0.2) is 30.7 Å². The van der Waals surface area contributed by atoms with Crippen LogP contribution in [0.5, 0.6) is 11.5 Å². The van der Waals surface area contributed by atoms with Gasteiger partial charge in [0, 0.05) is 5.41 Å². The van der Waals surface area contributed by atoms with E-state index in [-0.39, 0.29) is 34.2 Å². The molecule has 6 heteroatoms. The van der Waals surface area contributed by atoms with Crippen LogP contribution in [-0.2, 0) is 4.79 Å². The monoisotopic (exact) mass is 472 g/mol. The molecule has 3 saturated carbocycles. The van der Waals surface area contributed by atoms with Crippen LogP contribution in [0.25, 0.3) is 6.08 Å². The smallest absolute Gasteiger partial charge is 0.387 e. The van der Waals surface area contributed by atoms with Crippen LogP contribution in [0, 0.1) is 28.6 Å². The van der Waals surface area contributed by atoms with E-state index in [4.69, 9.17) is 4.74 Å². The summed E-state index contributed by atoms with van der Waals surface area (Å²) in [7, 11) is 1.41. The van der Waals surface area contributed by atoms with Crippen LogP contribution in [0.2, 0.25) is 0 Å². The summed E-state index contributed by atoms with van der Waals surface area (Å²) in [6, 6.07) is 4.81.